The number of carbonyl (C=O) groups excluding carboxylic acids is 1. The van der Waals surface area contributed by atoms with Crippen LogP contribution in [-0.4, -0.2) is 78.9 Å². The third-order valence-electron chi connectivity index (χ3n) is 4.25. The van der Waals surface area contributed by atoms with Crippen molar-refractivity contribution in [1.29, 1.82) is 0 Å². The Morgan fingerprint density at radius 2 is 2.00 bits per heavy atom. The van der Waals surface area contributed by atoms with E-state index < -0.39 is 12.0 Å². The van der Waals surface area contributed by atoms with Gasteiger partial charge in [0.25, 0.3) is 0 Å². The average molecular weight is 299 g/mol. The van der Waals surface area contributed by atoms with E-state index in [2.05, 4.69) is 10.2 Å². The fourth-order valence-electron chi connectivity index (χ4n) is 2.98. The van der Waals surface area contributed by atoms with Gasteiger partial charge in [-0.2, -0.15) is 0 Å². The maximum Gasteiger partial charge on any atom is 0.326 e. The van der Waals surface area contributed by atoms with Crippen molar-refractivity contribution in [3.63, 3.8) is 0 Å². The van der Waals surface area contributed by atoms with Gasteiger partial charge < -0.3 is 20.1 Å². The number of nitrogens with zero attached hydrogens (tertiary/aromatic N) is 2. The number of carboxylic acids is 1. The molecule has 0 aromatic carbocycles. The Morgan fingerprint density at radius 3 is 2.67 bits per heavy atom. The summed E-state index contributed by atoms with van der Waals surface area (Å²) < 4.78 is 5.28. The Bertz CT molecular complexity index is 371. The fourth-order valence-corrected chi connectivity index (χ4v) is 2.98. The summed E-state index contributed by atoms with van der Waals surface area (Å²) in [5, 5.41) is 12.0. The maximum absolute atomic E-state index is 12.1. The van der Waals surface area contributed by atoms with Crippen molar-refractivity contribution in [2.24, 2.45) is 5.92 Å². The minimum absolute atomic E-state index is 0.0154. The van der Waals surface area contributed by atoms with Gasteiger partial charge >= 0.3 is 12.0 Å². The number of amides is 2. The van der Waals surface area contributed by atoms with Crippen LogP contribution in [0.25, 0.3) is 0 Å². The van der Waals surface area contributed by atoms with Crippen molar-refractivity contribution >= 4 is 12.0 Å². The average Bonchev–Trinajstić information content (AvgIpc) is 2.86. The Labute approximate surface area is 125 Å². The molecule has 0 radical (unpaired) electrons. The smallest absolute Gasteiger partial charge is 0.326 e. The molecule has 2 N–H and O–H groups in total. The minimum atomic E-state index is -0.913. The molecule has 7 nitrogen and oxygen atoms in total. The molecule has 2 rings (SSSR count). The molecule has 120 valence electrons. The fraction of sp³-hybridized carbons (Fsp3) is 0.857. The van der Waals surface area contributed by atoms with Crippen LogP contribution < -0.4 is 5.32 Å². The van der Waals surface area contributed by atoms with E-state index in [9.17, 15) is 14.7 Å². The predicted molar refractivity (Wildman–Crippen MR) is 77.2 cm³/mol. The highest BCUT2D eigenvalue weighted by molar-refractivity contribution is 5.83. The summed E-state index contributed by atoms with van der Waals surface area (Å²) in [6.45, 7) is 7.35. The zero-order chi connectivity index (χ0) is 15.2. The van der Waals surface area contributed by atoms with Gasteiger partial charge in [0.15, 0.2) is 0 Å². The van der Waals surface area contributed by atoms with Gasteiger partial charge in [0, 0.05) is 26.2 Å². The van der Waals surface area contributed by atoms with E-state index in [1.807, 2.05) is 6.92 Å². The molecule has 21 heavy (non-hydrogen) atoms. The zero-order valence-electron chi connectivity index (χ0n) is 12.6. The monoisotopic (exact) mass is 299 g/mol. The molecular weight excluding hydrogens is 274 g/mol. The summed E-state index contributed by atoms with van der Waals surface area (Å²) in [4.78, 5) is 27.1. The van der Waals surface area contributed by atoms with Crippen LogP contribution in [-0.2, 0) is 9.53 Å². The second-order valence-corrected chi connectivity index (χ2v) is 5.78. The first kappa shape index (κ1) is 16.0. The van der Waals surface area contributed by atoms with E-state index in [-0.39, 0.29) is 11.9 Å². The van der Waals surface area contributed by atoms with E-state index in [0.717, 1.165) is 45.7 Å². The number of aliphatic carboxylic acids is 1. The summed E-state index contributed by atoms with van der Waals surface area (Å²) in [5.74, 6) is -0.898. The van der Waals surface area contributed by atoms with Crippen molar-refractivity contribution in [3.05, 3.63) is 0 Å². The standard InChI is InChI=1S/C14H25N3O4/c1-11-3-6-17(12(11)13(18)19)14(20)15-4-2-5-16-7-9-21-10-8-16/h11-12H,2-10H2,1H3,(H,15,20)(H,18,19). The molecule has 2 heterocycles. The van der Waals surface area contributed by atoms with Gasteiger partial charge in [-0.3, -0.25) is 4.90 Å². The summed E-state index contributed by atoms with van der Waals surface area (Å²) in [6, 6.07) is -0.946. The Hall–Kier alpha value is -1.34. The largest absolute Gasteiger partial charge is 0.480 e. The number of carboxylic acid groups (broad SMARTS) is 1. The molecule has 2 saturated heterocycles. The van der Waals surface area contributed by atoms with Gasteiger partial charge in [-0.05, 0) is 25.3 Å². The molecule has 0 aromatic rings. The minimum Gasteiger partial charge on any atom is -0.480 e. The van der Waals surface area contributed by atoms with Gasteiger partial charge in [-0.25, -0.2) is 9.59 Å². The molecule has 0 aliphatic carbocycles. The lowest BCUT2D eigenvalue weighted by Gasteiger charge is -2.27. The summed E-state index contributed by atoms with van der Waals surface area (Å²) in [7, 11) is 0. The van der Waals surface area contributed by atoms with Crippen molar-refractivity contribution < 1.29 is 19.4 Å². The highest BCUT2D eigenvalue weighted by Gasteiger charge is 2.39. The Kier molecular flexibility index (Phi) is 5.81. The number of hydrogen-bond donors (Lipinski definition) is 2. The van der Waals surface area contributed by atoms with E-state index in [1.54, 1.807) is 0 Å². The van der Waals surface area contributed by atoms with Gasteiger partial charge in [-0.1, -0.05) is 6.92 Å². The number of carbonyl (C=O) groups is 2. The number of urea groups is 1. The van der Waals surface area contributed by atoms with Crippen LogP contribution in [0.4, 0.5) is 4.79 Å². The van der Waals surface area contributed by atoms with Crippen LogP contribution in [0.2, 0.25) is 0 Å². The SMILES string of the molecule is CC1CCN(C(=O)NCCCN2CCOCC2)C1C(=O)O. The number of rotatable bonds is 5. The molecule has 2 aliphatic heterocycles. The maximum atomic E-state index is 12.1. The summed E-state index contributed by atoms with van der Waals surface area (Å²) >= 11 is 0. The van der Waals surface area contributed by atoms with E-state index in [0.29, 0.717) is 13.1 Å². The number of ether oxygens (including phenoxy) is 1. The zero-order valence-corrected chi connectivity index (χ0v) is 12.6. The number of morpholine rings is 1. The summed E-state index contributed by atoms with van der Waals surface area (Å²) in [6.07, 6.45) is 1.62. The number of nitrogens with one attached hydrogen (secondary N) is 1. The molecule has 2 amide bonds. The number of likely N-dealkylation sites (tertiary alicyclic amines) is 1. The van der Waals surface area contributed by atoms with Crippen LogP contribution in [0.3, 0.4) is 0 Å². The van der Waals surface area contributed by atoms with Crippen LogP contribution in [0.15, 0.2) is 0 Å². The molecule has 2 unspecified atom stereocenters. The van der Waals surface area contributed by atoms with Crippen molar-refractivity contribution in [2.45, 2.75) is 25.8 Å². The molecule has 0 spiro atoms. The molecule has 0 bridgehead atoms. The van der Waals surface area contributed by atoms with Crippen molar-refractivity contribution in [2.75, 3.05) is 45.9 Å². The Balaban J connectivity index is 1.68. The molecule has 7 heteroatoms. The lowest BCUT2D eigenvalue weighted by molar-refractivity contribution is -0.142. The molecule has 0 aromatic heterocycles. The van der Waals surface area contributed by atoms with Crippen LogP contribution >= 0.6 is 0 Å². The second kappa shape index (κ2) is 7.61. The third kappa shape index (κ3) is 4.31. The topological polar surface area (TPSA) is 82.1 Å². The van der Waals surface area contributed by atoms with E-state index in [4.69, 9.17) is 4.74 Å². The molecule has 2 fully saturated rings. The van der Waals surface area contributed by atoms with Crippen molar-refractivity contribution in [3.8, 4) is 0 Å². The van der Waals surface area contributed by atoms with Crippen LogP contribution in [0, 0.1) is 5.92 Å². The predicted octanol–water partition coefficient (Wildman–Crippen LogP) is 0.213. The first-order valence-corrected chi connectivity index (χ1v) is 7.67. The van der Waals surface area contributed by atoms with Gasteiger partial charge in [-0.15, -0.1) is 0 Å². The van der Waals surface area contributed by atoms with Gasteiger partial charge in [0.1, 0.15) is 6.04 Å². The quantitative estimate of drug-likeness (QED) is 0.709. The van der Waals surface area contributed by atoms with E-state index >= 15 is 0 Å². The lowest BCUT2D eigenvalue weighted by Crippen LogP contribution is -2.48. The molecule has 2 atom stereocenters. The lowest BCUT2D eigenvalue weighted by atomic mass is 10.0. The highest BCUT2D eigenvalue weighted by atomic mass is 16.5. The van der Waals surface area contributed by atoms with Gasteiger partial charge in [0.2, 0.25) is 0 Å². The van der Waals surface area contributed by atoms with Crippen LogP contribution in [0.5, 0.6) is 0 Å². The Morgan fingerprint density at radius 1 is 1.29 bits per heavy atom. The molecule has 2 aliphatic rings. The summed E-state index contributed by atoms with van der Waals surface area (Å²) in [5.41, 5.74) is 0. The van der Waals surface area contributed by atoms with Crippen LogP contribution in [0.1, 0.15) is 19.8 Å². The first-order chi connectivity index (χ1) is 10.1. The highest BCUT2D eigenvalue weighted by Crippen LogP contribution is 2.23. The molecule has 0 saturated carbocycles. The van der Waals surface area contributed by atoms with Gasteiger partial charge in [0.05, 0.1) is 13.2 Å². The second-order valence-electron chi connectivity index (χ2n) is 5.78. The number of hydrogen-bond acceptors (Lipinski definition) is 4. The normalized spacial score (nSPS) is 26.8. The third-order valence-corrected chi connectivity index (χ3v) is 4.25. The van der Waals surface area contributed by atoms with E-state index in [1.165, 1.54) is 4.90 Å². The molecular formula is C14H25N3O4. The first-order valence-electron chi connectivity index (χ1n) is 7.67. The van der Waals surface area contributed by atoms with Crippen molar-refractivity contribution in [1.82, 2.24) is 15.1 Å².